The summed E-state index contributed by atoms with van der Waals surface area (Å²) in [4.78, 5) is 22.3. The molecule has 1 rings (SSSR count). The molecule has 0 N–H and O–H groups in total. The highest BCUT2D eigenvalue weighted by Gasteiger charge is 2.02. The van der Waals surface area contributed by atoms with E-state index in [0.717, 1.165) is 12.0 Å². The van der Waals surface area contributed by atoms with E-state index in [1.807, 2.05) is 30.3 Å². The van der Waals surface area contributed by atoms with E-state index in [1.54, 1.807) is 6.92 Å². The number of hydrogen-bond donors (Lipinski definition) is 0. The number of hydrogen-bond acceptors (Lipinski definition) is 4. The molecule has 1 aromatic carbocycles. The van der Waals surface area contributed by atoms with Crippen molar-refractivity contribution in [2.45, 2.75) is 26.7 Å². The molecule has 0 unspecified atom stereocenters. The maximum absolute atomic E-state index is 11.2. The van der Waals surface area contributed by atoms with Crippen LogP contribution in [0.5, 0.6) is 0 Å². The van der Waals surface area contributed by atoms with Gasteiger partial charge in [0.2, 0.25) is 0 Å². The molecule has 0 heterocycles. The summed E-state index contributed by atoms with van der Waals surface area (Å²) in [6.07, 6.45) is 5.21. The monoisotopic (exact) mass is 288 g/mol. The number of ether oxygens (including phenoxy) is 2. The Hall–Kier alpha value is -2.36. The van der Waals surface area contributed by atoms with Crippen LogP contribution in [-0.4, -0.2) is 18.4 Å². The lowest BCUT2D eigenvalue weighted by Gasteiger charge is -2.06. The Bertz CT molecular complexity index is 515. The van der Waals surface area contributed by atoms with Crippen molar-refractivity contribution in [3.8, 4) is 0 Å². The van der Waals surface area contributed by atoms with Gasteiger partial charge in [-0.15, -0.1) is 0 Å². The second-order valence-electron chi connectivity index (χ2n) is 4.38. The van der Waals surface area contributed by atoms with Crippen LogP contribution in [-0.2, 0) is 25.5 Å². The number of aryl methyl sites for hydroxylation is 1. The van der Waals surface area contributed by atoms with Crippen molar-refractivity contribution in [3.63, 3.8) is 0 Å². The third-order valence-electron chi connectivity index (χ3n) is 2.58. The molecule has 0 fully saturated rings. The molecule has 0 aliphatic carbocycles. The Morgan fingerprint density at radius 2 is 1.90 bits per heavy atom. The zero-order valence-corrected chi connectivity index (χ0v) is 12.4. The minimum absolute atomic E-state index is 0.0948. The normalized spacial score (nSPS) is 11.4. The summed E-state index contributed by atoms with van der Waals surface area (Å²) in [5.74, 6) is -0.0442. The lowest BCUT2D eigenvalue weighted by molar-refractivity contribution is -0.137. The van der Waals surface area contributed by atoms with E-state index in [9.17, 15) is 9.59 Å². The highest BCUT2D eigenvalue weighted by atomic mass is 16.5. The number of allylic oxidation sites excluding steroid dienone is 2. The average Bonchev–Trinajstić information content (AvgIpc) is 2.45. The number of rotatable bonds is 8. The maximum Gasteiger partial charge on any atom is 0.333 e. The first kappa shape index (κ1) is 16.7. The smallest absolute Gasteiger partial charge is 0.333 e. The van der Waals surface area contributed by atoms with Crippen molar-refractivity contribution in [2.24, 2.45) is 0 Å². The van der Waals surface area contributed by atoms with E-state index < -0.39 is 5.97 Å². The highest BCUT2D eigenvalue weighted by molar-refractivity contribution is 5.87. The van der Waals surface area contributed by atoms with E-state index in [-0.39, 0.29) is 5.78 Å². The average molecular weight is 288 g/mol. The van der Waals surface area contributed by atoms with Gasteiger partial charge in [-0.1, -0.05) is 30.3 Å². The molecule has 0 bridgehead atoms. The minimum Gasteiger partial charge on any atom is -0.469 e. The van der Waals surface area contributed by atoms with Gasteiger partial charge in [0.15, 0.2) is 5.78 Å². The third kappa shape index (κ3) is 7.72. The molecule has 0 spiro atoms. The number of benzene rings is 1. The van der Waals surface area contributed by atoms with Crippen LogP contribution in [0, 0.1) is 0 Å². The Morgan fingerprint density at radius 1 is 1.19 bits per heavy atom. The fourth-order valence-corrected chi connectivity index (χ4v) is 1.67. The summed E-state index contributed by atoms with van der Waals surface area (Å²) in [6, 6.07) is 9.91. The zero-order valence-electron chi connectivity index (χ0n) is 12.4. The number of carbonyl (C=O) groups is 2. The van der Waals surface area contributed by atoms with Gasteiger partial charge in [0.25, 0.3) is 0 Å². The predicted molar refractivity (Wildman–Crippen MR) is 80.4 cm³/mol. The second kappa shape index (κ2) is 9.53. The molecule has 0 saturated heterocycles. The second-order valence-corrected chi connectivity index (χ2v) is 4.38. The SMILES string of the molecule is CCOC(=O)/C=C/O/C(=C/C(C)=O)CCc1ccccc1. The van der Waals surface area contributed by atoms with Crippen LogP contribution in [0.2, 0.25) is 0 Å². The maximum atomic E-state index is 11.2. The molecule has 4 heteroatoms. The first-order chi connectivity index (χ1) is 10.1. The molecule has 1 aromatic rings. The van der Waals surface area contributed by atoms with Gasteiger partial charge in [0.05, 0.1) is 18.9 Å². The largest absolute Gasteiger partial charge is 0.469 e. The first-order valence-electron chi connectivity index (χ1n) is 6.87. The predicted octanol–water partition coefficient (Wildman–Crippen LogP) is 3.19. The molecular weight excluding hydrogens is 268 g/mol. The molecule has 21 heavy (non-hydrogen) atoms. The van der Waals surface area contributed by atoms with E-state index in [4.69, 9.17) is 9.47 Å². The van der Waals surface area contributed by atoms with Crippen LogP contribution < -0.4 is 0 Å². The van der Waals surface area contributed by atoms with E-state index in [1.165, 1.54) is 25.3 Å². The Labute approximate surface area is 125 Å². The van der Waals surface area contributed by atoms with Gasteiger partial charge in [0.1, 0.15) is 5.76 Å². The quantitative estimate of drug-likeness (QED) is 0.419. The summed E-state index contributed by atoms with van der Waals surface area (Å²) in [6.45, 7) is 3.50. The van der Waals surface area contributed by atoms with Crippen molar-refractivity contribution in [1.82, 2.24) is 0 Å². The Balaban J connectivity index is 2.56. The van der Waals surface area contributed by atoms with Gasteiger partial charge in [-0.05, 0) is 25.8 Å². The fourth-order valence-electron chi connectivity index (χ4n) is 1.67. The molecule has 0 radical (unpaired) electrons. The van der Waals surface area contributed by atoms with Gasteiger partial charge in [-0.25, -0.2) is 4.79 Å². The highest BCUT2D eigenvalue weighted by Crippen LogP contribution is 2.11. The van der Waals surface area contributed by atoms with E-state index in [0.29, 0.717) is 18.8 Å². The summed E-state index contributed by atoms with van der Waals surface area (Å²) in [5.41, 5.74) is 1.16. The van der Waals surface area contributed by atoms with Crippen molar-refractivity contribution in [2.75, 3.05) is 6.61 Å². The van der Waals surface area contributed by atoms with Gasteiger partial charge >= 0.3 is 5.97 Å². The summed E-state index contributed by atoms with van der Waals surface area (Å²) in [5, 5.41) is 0. The van der Waals surface area contributed by atoms with E-state index in [2.05, 4.69) is 0 Å². The van der Waals surface area contributed by atoms with Gasteiger partial charge in [-0.3, -0.25) is 4.79 Å². The fraction of sp³-hybridized carbons (Fsp3) is 0.294. The number of carbonyl (C=O) groups excluding carboxylic acids is 2. The lowest BCUT2D eigenvalue weighted by Crippen LogP contribution is -2.00. The van der Waals surface area contributed by atoms with Crippen LogP contribution in [0.25, 0.3) is 0 Å². The molecule has 4 nitrogen and oxygen atoms in total. The Morgan fingerprint density at radius 3 is 2.52 bits per heavy atom. The van der Waals surface area contributed by atoms with Crippen LogP contribution in [0.1, 0.15) is 25.8 Å². The Kier molecular flexibility index (Phi) is 7.58. The van der Waals surface area contributed by atoms with Crippen LogP contribution in [0.3, 0.4) is 0 Å². The van der Waals surface area contributed by atoms with Crippen LogP contribution in [0.15, 0.2) is 54.5 Å². The van der Waals surface area contributed by atoms with Gasteiger partial charge in [-0.2, -0.15) is 0 Å². The van der Waals surface area contributed by atoms with E-state index >= 15 is 0 Å². The minimum atomic E-state index is -0.470. The molecule has 0 aromatic heterocycles. The van der Waals surface area contributed by atoms with Gasteiger partial charge < -0.3 is 9.47 Å². The van der Waals surface area contributed by atoms with Crippen molar-refractivity contribution in [1.29, 1.82) is 0 Å². The van der Waals surface area contributed by atoms with Crippen molar-refractivity contribution >= 4 is 11.8 Å². The van der Waals surface area contributed by atoms with Crippen LogP contribution >= 0.6 is 0 Å². The first-order valence-corrected chi connectivity index (χ1v) is 6.87. The van der Waals surface area contributed by atoms with Crippen LogP contribution in [0.4, 0.5) is 0 Å². The van der Waals surface area contributed by atoms with Crippen molar-refractivity contribution in [3.05, 3.63) is 60.1 Å². The zero-order chi connectivity index (χ0) is 15.5. The molecule has 0 aliphatic rings. The van der Waals surface area contributed by atoms with Crippen molar-refractivity contribution < 1.29 is 19.1 Å². The molecule has 0 atom stereocenters. The molecular formula is C17H20O4. The molecule has 0 saturated carbocycles. The third-order valence-corrected chi connectivity index (χ3v) is 2.58. The summed E-state index contributed by atoms with van der Waals surface area (Å²) >= 11 is 0. The molecule has 0 amide bonds. The molecule has 0 aliphatic heterocycles. The summed E-state index contributed by atoms with van der Waals surface area (Å²) in [7, 11) is 0. The topological polar surface area (TPSA) is 52.6 Å². The summed E-state index contributed by atoms with van der Waals surface area (Å²) < 4.78 is 10.1. The van der Waals surface area contributed by atoms with Gasteiger partial charge in [0, 0.05) is 12.5 Å². The number of ketones is 1. The molecule has 112 valence electrons. The number of esters is 1. The standard InChI is InChI=1S/C17H20O4/c1-3-20-17(19)11-12-21-16(13-14(2)18)10-9-15-7-5-4-6-8-15/h4-8,11-13H,3,9-10H2,1-2H3/b12-11+,16-13+. The lowest BCUT2D eigenvalue weighted by atomic mass is 10.1.